The zero-order chi connectivity index (χ0) is 10.2. The first-order chi connectivity index (χ1) is 5.82. The van der Waals surface area contributed by atoms with Gasteiger partial charge in [0.05, 0.1) is 0 Å². The summed E-state index contributed by atoms with van der Waals surface area (Å²) in [7, 11) is 0. The van der Waals surface area contributed by atoms with Crippen LogP contribution in [-0.4, -0.2) is 4.98 Å². The van der Waals surface area contributed by atoms with Crippen molar-refractivity contribution in [2.75, 3.05) is 5.73 Å². The largest absolute Gasteiger partial charge is 0.420 e. The average molecular weight is 190 g/mol. The van der Waals surface area contributed by atoms with Crippen LogP contribution in [-0.2, 0) is 6.18 Å². The van der Waals surface area contributed by atoms with Gasteiger partial charge in [-0.25, -0.2) is 4.98 Å². The molecule has 0 aliphatic heterocycles. The molecule has 0 spiro atoms. The molecule has 0 saturated carbocycles. The van der Waals surface area contributed by atoms with E-state index in [9.17, 15) is 13.2 Å². The van der Waals surface area contributed by atoms with E-state index in [-0.39, 0.29) is 5.56 Å². The van der Waals surface area contributed by atoms with Gasteiger partial charge in [0.1, 0.15) is 11.4 Å². The quantitative estimate of drug-likeness (QED) is 0.681. The van der Waals surface area contributed by atoms with Crippen LogP contribution in [0.5, 0.6) is 0 Å². The number of aryl methyl sites for hydroxylation is 2. The maximum atomic E-state index is 12.3. The molecule has 0 aliphatic rings. The van der Waals surface area contributed by atoms with E-state index in [1.165, 1.54) is 13.0 Å². The fourth-order valence-electron chi connectivity index (χ4n) is 1.23. The Morgan fingerprint density at radius 2 is 1.85 bits per heavy atom. The number of nitrogen functional groups attached to an aromatic ring is 1. The second-order valence-corrected chi connectivity index (χ2v) is 2.84. The lowest BCUT2D eigenvalue weighted by molar-refractivity contribution is -0.137. The minimum Gasteiger partial charge on any atom is -0.383 e. The van der Waals surface area contributed by atoms with Crippen molar-refractivity contribution >= 4 is 5.82 Å². The molecule has 0 unspecified atom stereocenters. The minimum atomic E-state index is -4.42. The van der Waals surface area contributed by atoms with Crippen LogP contribution in [0.25, 0.3) is 0 Å². The third kappa shape index (κ3) is 1.91. The second-order valence-electron chi connectivity index (χ2n) is 2.84. The number of rotatable bonds is 0. The van der Waals surface area contributed by atoms with Gasteiger partial charge in [-0.15, -0.1) is 0 Å². The fraction of sp³-hybridized carbons (Fsp3) is 0.375. The van der Waals surface area contributed by atoms with Crippen molar-refractivity contribution < 1.29 is 13.2 Å². The molecule has 1 aromatic rings. The lowest BCUT2D eigenvalue weighted by Gasteiger charge is -2.12. The van der Waals surface area contributed by atoms with Crippen LogP contribution in [0.15, 0.2) is 6.07 Å². The van der Waals surface area contributed by atoms with Gasteiger partial charge >= 0.3 is 6.18 Å². The molecule has 0 aromatic carbocycles. The topological polar surface area (TPSA) is 38.9 Å². The maximum absolute atomic E-state index is 12.3. The summed E-state index contributed by atoms with van der Waals surface area (Å²) in [5.74, 6) is -0.454. The van der Waals surface area contributed by atoms with Crippen molar-refractivity contribution in [3.05, 3.63) is 22.9 Å². The second kappa shape index (κ2) is 2.90. The Bertz CT molecular complexity index is 308. The molecular weight excluding hydrogens is 181 g/mol. The summed E-state index contributed by atoms with van der Waals surface area (Å²) in [6.07, 6.45) is -4.42. The van der Waals surface area contributed by atoms with Crippen molar-refractivity contribution in [3.63, 3.8) is 0 Å². The number of aromatic nitrogens is 1. The Kier molecular flexibility index (Phi) is 2.19. The molecule has 72 valence electrons. The number of hydrogen-bond donors (Lipinski definition) is 1. The first-order valence-electron chi connectivity index (χ1n) is 3.63. The number of alkyl halides is 3. The summed E-state index contributed by atoms with van der Waals surface area (Å²) in [4.78, 5) is 3.56. The van der Waals surface area contributed by atoms with Gasteiger partial charge in [-0.3, -0.25) is 0 Å². The highest BCUT2D eigenvalue weighted by atomic mass is 19.4. The standard InChI is InChI=1S/C8H9F3N2/c1-4-3-5(2)13-7(12)6(4)8(9,10)11/h3H,1-2H3,(H2,12,13). The number of nitrogens with zero attached hydrogens (tertiary/aromatic N) is 1. The molecule has 0 fully saturated rings. The zero-order valence-electron chi connectivity index (χ0n) is 7.24. The molecule has 0 atom stereocenters. The molecule has 0 radical (unpaired) electrons. The van der Waals surface area contributed by atoms with Gasteiger partial charge in [0.2, 0.25) is 0 Å². The Balaban J connectivity index is 3.38. The molecule has 0 saturated heterocycles. The van der Waals surface area contributed by atoms with Crippen molar-refractivity contribution in [3.8, 4) is 0 Å². The van der Waals surface area contributed by atoms with Crippen molar-refractivity contribution in [2.45, 2.75) is 20.0 Å². The van der Waals surface area contributed by atoms with Crippen LogP contribution in [0.3, 0.4) is 0 Å². The fourth-order valence-corrected chi connectivity index (χ4v) is 1.23. The number of anilines is 1. The molecule has 1 heterocycles. The highest BCUT2D eigenvalue weighted by molar-refractivity contribution is 5.47. The monoisotopic (exact) mass is 190 g/mol. The Labute approximate surface area is 73.6 Å². The van der Waals surface area contributed by atoms with Gasteiger partial charge < -0.3 is 5.73 Å². The smallest absolute Gasteiger partial charge is 0.383 e. The summed E-state index contributed by atoms with van der Waals surface area (Å²) in [5.41, 5.74) is 4.94. The van der Waals surface area contributed by atoms with Crippen LogP contribution in [0.4, 0.5) is 19.0 Å². The molecule has 2 nitrogen and oxygen atoms in total. The van der Waals surface area contributed by atoms with E-state index < -0.39 is 17.6 Å². The molecule has 0 amide bonds. The van der Waals surface area contributed by atoms with Crippen molar-refractivity contribution in [1.29, 1.82) is 0 Å². The number of nitrogens with two attached hydrogens (primary N) is 1. The van der Waals surface area contributed by atoms with Crippen LogP contribution in [0, 0.1) is 13.8 Å². The third-order valence-electron chi connectivity index (χ3n) is 1.66. The lowest BCUT2D eigenvalue weighted by Crippen LogP contribution is -2.13. The first-order valence-corrected chi connectivity index (χ1v) is 3.63. The van der Waals surface area contributed by atoms with Gasteiger partial charge in [-0.1, -0.05) is 0 Å². The summed E-state index contributed by atoms with van der Waals surface area (Å²) in [6, 6.07) is 1.36. The van der Waals surface area contributed by atoms with E-state index >= 15 is 0 Å². The molecule has 1 rings (SSSR count). The summed E-state index contributed by atoms with van der Waals surface area (Å²) >= 11 is 0. The highest BCUT2D eigenvalue weighted by Gasteiger charge is 2.35. The number of pyridine rings is 1. The summed E-state index contributed by atoms with van der Waals surface area (Å²) < 4.78 is 37.0. The van der Waals surface area contributed by atoms with Gasteiger partial charge in [-0.05, 0) is 25.5 Å². The summed E-state index contributed by atoms with van der Waals surface area (Å²) in [5, 5.41) is 0. The van der Waals surface area contributed by atoms with E-state index in [4.69, 9.17) is 5.73 Å². The Morgan fingerprint density at radius 1 is 1.31 bits per heavy atom. The van der Waals surface area contributed by atoms with Crippen molar-refractivity contribution in [1.82, 2.24) is 4.98 Å². The van der Waals surface area contributed by atoms with Crippen LogP contribution < -0.4 is 5.73 Å². The third-order valence-corrected chi connectivity index (χ3v) is 1.66. The SMILES string of the molecule is Cc1cc(C)c(C(F)(F)F)c(N)n1. The van der Waals surface area contributed by atoms with E-state index in [0.29, 0.717) is 5.69 Å². The lowest BCUT2D eigenvalue weighted by atomic mass is 10.1. The average Bonchev–Trinajstić information content (AvgIpc) is 1.78. The molecule has 13 heavy (non-hydrogen) atoms. The predicted octanol–water partition coefficient (Wildman–Crippen LogP) is 2.30. The normalized spacial score (nSPS) is 11.8. The van der Waals surface area contributed by atoms with Gasteiger partial charge in [0, 0.05) is 5.69 Å². The van der Waals surface area contributed by atoms with E-state index in [0.717, 1.165) is 0 Å². The Hall–Kier alpha value is -1.26. The molecule has 5 heteroatoms. The number of halogens is 3. The molecule has 1 aromatic heterocycles. The van der Waals surface area contributed by atoms with E-state index in [1.54, 1.807) is 6.92 Å². The van der Waals surface area contributed by atoms with Crippen LogP contribution >= 0.6 is 0 Å². The number of hydrogen-bond acceptors (Lipinski definition) is 2. The molecule has 2 N–H and O–H groups in total. The van der Waals surface area contributed by atoms with Gasteiger partial charge in [0.15, 0.2) is 0 Å². The molecular formula is C8H9F3N2. The van der Waals surface area contributed by atoms with E-state index in [2.05, 4.69) is 4.98 Å². The van der Waals surface area contributed by atoms with Gasteiger partial charge in [-0.2, -0.15) is 13.2 Å². The summed E-state index contributed by atoms with van der Waals surface area (Å²) in [6.45, 7) is 2.97. The minimum absolute atomic E-state index is 0.109. The first kappa shape index (κ1) is 9.83. The van der Waals surface area contributed by atoms with E-state index in [1.807, 2.05) is 0 Å². The maximum Gasteiger partial charge on any atom is 0.420 e. The predicted molar refractivity (Wildman–Crippen MR) is 43.1 cm³/mol. The van der Waals surface area contributed by atoms with Crippen molar-refractivity contribution in [2.24, 2.45) is 0 Å². The Morgan fingerprint density at radius 3 is 2.23 bits per heavy atom. The molecule has 0 aliphatic carbocycles. The highest BCUT2D eigenvalue weighted by Crippen LogP contribution is 2.35. The van der Waals surface area contributed by atoms with Crippen LogP contribution in [0.1, 0.15) is 16.8 Å². The zero-order valence-corrected chi connectivity index (χ0v) is 7.24. The molecule has 0 bridgehead atoms. The van der Waals surface area contributed by atoms with Gasteiger partial charge in [0.25, 0.3) is 0 Å². The van der Waals surface area contributed by atoms with Crippen LogP contribution in [0.2, 0.25) is 0 Å².